The number of amidine groups is 1. The van der Waals surface area contributed by atoms with Gasteiger partial charge in [-0.05, 0) is 14.0 Å². The minimum atomic E-state index is -1.06. The first-order valence-electron chi connectivity index (χ1n) is 10.2. The van der Waals surface area contributed by atoms with Crippen molar-refractivity contribution < 1.29 is 19.5 Å². The first-order valence-corrected chi connectivity index (χ1v) is 12.0. The number of likely N-dealkylation sites (N-methyl/N-ethyl adjacent to an activating group) is 1. The van der Waals surface area contributed by atoms with Crippen LogP contribution in [-0.2, 0) is 14.4 Å². The minimum Gasteiger partial charge on any atom is -0.477 e. The molecular formula is C19H27N5O4S2. The van der Waals surface area contributed by atoms with Crippen molar-refractivity contribution in [3.8, 4) is 0 Å². The number of carbonyl (C=O) groups excluding carboxylic acids is 2. The van der Waals surface area contributed by atoms with Gasteiger partial charge in [-0.2, -0.15) is 0 Å². The van der Waals surface area contributed by atoms with Crippen LogP contribution in [0, 0.1) is 11.8 Å². The predicted octanol–water partition coefficient (Wildman–Crippen LogP) is 0.00360. The van der Waals surface area contributed by atoms with Crippen LogP contribution in [0.15, 0.2) is 15.6 Å². The van der Waals surface area contributed by atoms with Crippen molar-refractivity contribution in [2.24, 2.45) is 16.8 Å². The molecule has 2 amide bonds. The molecule has 4 heterocycles. The minimum absolute atomic E-state index is 0.0697. The van der Waals surface area contributed by atoms with Gasteiger partial charge in [0.1, 0.15) is 5.70 Å². The van der Waals surface area contributed by atoms with E-state index in [0.29, 0.717) is 5.25 Å². The molecule has 0 saturated carbocycles. The maximum absolute atomic E-state index is 12.9. The normalized spacial score (nSPS) is 29.4. The molecular weight excluding hydrogens is 426 g/mol. The second-order valence-electron chi connectivity index (χ2n) is 8.08. The number of nitrogens with one attached hydrogen (secondary N) is 2. The Kier molecular flexibility index (Phi) is 6.04. The Balaban J connectivity index is 1.44. The van der Waals surface area contributed by atoms with Gasteiger partial charge in [0.05, 0.1) is 25.0 Å². The van der Waals surface area contributed by atoms with Gasteiger partial charge in [-0.1, -0.05) is 18.7 Å². The third kappa shape index (κ3) is 3.60. The Bertz CT molecular complexity index is 826. The second-order valence-corrected chi connectivity index (χ2v) is 10.5. The van der Waals surface area contributed by atoms with Crippen LogP contribution in [-0.4, -0.2) is 94.2 Å². The second kappa shape index (κ2) is 8.43. The van der Waals surface area contributed by atoms with E-state index < -0.39 is 11.9 Å². The zero-order chi connectivity index (χ0) is 21.6. The lowest BCUT2D eigenvalue weighted by atomic mass is 9.78. The van der Waals surface area contributed by atoms with Gasteiger partial charge in [0, 0.05) is 41.0 Å². The fraction of sp³-hybridized carbons (Fsp3) is 0.684. The van der Waals surface area contributed by atoms with E-state index in [1.807, 2.05) is 13.8 Å². The number of carbonyl (C=O) groups is 3. The third-order valence-corrected chi connectivity index (χ3v) is 8.52. The number of carboxylic acid groups (broad SMARTS) is 1. The molecule has 2 saturated heterocycles. The highest BCUT2D eigenvalue weighted by molar-refractivity contribution is 8.14. The lowest BCUT2D eigenvalue weighted by Crippen LogP contribution is -2.66. The van der Waals surface area contributed by atoms with Crippen molar-refractivity contribution in [3.05, 3.63) is 10.6 Å². The molecule has 0 aromatic carbocycles. The first-order chi connectivity index (χ1) is 14.3. The van der Waals surface area contributed by atoms with E-state index in [2.05, 4.69) is 20.5 Å². The summed E-state index contributed by atoms with van der Waals surface area (Å²) in [4.78, 5) is 45.7. The number of nitrogens with zero attached hydrogens (tertiary/aromatic N) is 3. The highest BCUT2D eigenvalue weighted by atomic mass is 32.2. The molecule has 4 rings (SSSR count). The molecule has 3 N–H and O–H groups in total. The zero-order valence-electron chi connectivity index (χ0n) is 17.3. The Labute approximate surface area is 184 Å². The molecule has 0 radical (unpaired) electrons. The Morgan fingerprint density at radius 2 is 2.13 bits per heavy atom. The Morgan fingerprint density at radius 3 is 2.73 bits per heavy atom. The van der Waals surface area contributed by atoms with E-state index in [4.69, 9.17) is 0 Å². The van der Waals surface area contributed by atoms with Gasteiger partial charge in [0.25, 0.3) is 0 Å². The van der Waals surface area contributed by atoms with Crippen LogP contribution in [0.5, 0.6) is 0 Å². The monoisotopic (exact) mass is 453 g/mol. The fourth-order valence-corrected chi connectivity index (χ4v) is 7.01. The van der Waals surface area contributed by atoms with Gasteiger partial charge < -0.3 is 25.5 Å². The molecule has 0 bridgehead atoms. The molecule has 4 aliphatic heterocycles. The molecule has 2 fully saturated rings. The summed E-state index contributed by atoms with van der Waals surface area (Å²) in [5.41, 5.74) is 0.124. The summed E-state index contributed by atoms with van der Waals surface area (Å²) in [7, 11) is 1.69. The molecule has 1 unspecified atom stereocenters. The molecule has 4 aliphatic rings. The molecule has 9 nitrogen and oxygen atoms in total. The number of hydrogen-bond donors (Lipinski definition) is 3. The van der Waals surface area contributed by atoms with Gasteiger partial charge >= 0.3 is 5.97 Å². The molecule has 0 aromatic heterocycles. The largest absolute Gasteiger partial charge is 0.477 e. The lowest BCUT2D eigenvalue weighted by molar-refractivity contribution is -0.158. The number of fused-ring (bicyclic) bond motifs is 1. The molecule has 0 aromatic rings. The van der Waals surface area contributed by atoms with Gasteiger partial charge in [-0.15, -0.1) is 11.8 Å². The standard InChI is InChI=1S/C19H27N5O4S2/c1-9-14-13(10(2)22-12(25)6-20-3)17(26)24(14)15(18(27)28)16(9)30-11-7-23(8-11)19-21-4-5-29-19/h9-11,13-14,20H,4-8H2,1-3H3,(H,22,25)(H,27,28)/t9-,10?,13-,14-/m1/s1. The van der Waals surface area contributed by atoms with E-state index in [1.165, 1.54) is 4.90 Å². The van der Waals surface area contributed by atoms with Gasteiger partial charge in [-0.25, -0.2) is 4.79 Å². The highest BCUT2D eigenvalue weighted by Gasteiger charge is 2.60. The number of likely N-dealkylation sites (tertiary alicyclic amines) is 1. The van der Waals surface area contributed by atoms with Crippen LogP contribution in [0.1, 0.15) is 13.8 Å². The summed E-state index contributed by atoms with van der Waals surface area (Å²) < 4.78 is 0. The summed E-state index contributed by atoms with van der Waals surface area (Å²) in [5, 5.41) is 16.9. The van der Waals surface area contributed by atoms with Crippen LogP contribution in [0.25, 0.3) is 0 Å². The number of amides is 2. The summed E-state index contributed by atoms with van der Waals surface area (Å²) in [5.74, 6) is -0.903. The topological polar surface area (TPSA) is 114 Å². The summed E-state index contributed by atoms with van der Waals surface area (Å²) in [6.07, 6.45) is 0. The van der Waals surface area contributed by atoms with Crippen LogP contribution in [0.4, 0.5) is 0 Å². The molecule has 11 heteroatoms. The smallest absolute Gasteiger partial charge is 0.353 e. The zero-order valence-corrected chi connectivity index (χ0v) is 18.9. The number of rotatable bonds is 7. The number of aliphatic imine (C=N–C) groups is 1. The van der Waals surface area contributed by atoms with Crippen molar-refractivity contribution >= 4 is 46.5 Å². The molecule has 164 valence electrons. The average Bonchev–Trinajstić information content (AvgIpc) is 3.24. The van der Waals surface area contributed by atoms with Crippen molar-refractivity contribution in [1.29, 1.82) is 0 Å². The van der Waals surface area contributed by atoms with Gasteiger partial charge in [0.15, 0.2) is 5.17 Å². The van der Waals surface area contributed by atoms with Crippen molar-refractivity contribution in [3.63, 3.8) is 0 Å². The van der Waals surface area contributed by atoms with Crippen LogP contribution < -0.4 is 10.6 Å². The van der Waals surface area contributed by atoms with Crippen molar-refractivity contribution in [1.82, 2.24) is 20.4 Å². The Morgan fingerprint density at radius 1 is 1.40 bits per heavy atom. The summed E-state index contributed by atoms with van der Waals surface area (Å²) >= 11 is 3.36. The summed E-state index contributed by atoms with van der Waals surface area (Å²) in [6, 6.07) is -0.569. The SMILES string of the molecule is CNCC(=O)NC(C)[C@H]1C(=O)N2C(C(=O)O)=C(SC3CN(C4=NCCS4)C3)[C@H](C)[C@H]12. The molecule has 30 heavy (non-hydrogen) atoms. The van der Waals surface area contributed by atoms with E-state index >= 15 is 0 Å². The van der Waals surface area contributed by atoms with Gasteiger partial charge in [-0.3, -0.25) is 14.6 Å². The average molecular weight is 454 g/mol. The van der Waals surface area contributed by atoms with Crippen LogP contribution in [0.2, 0.25) is 0 Å². The lowest BCUT2D eigenvalue weighted by Gasteiger charge is -2.47. The van der Waals surface area contributed by atoms with Crippen molar-refractivity contribution in [2.45, 2.75) is 31.2 Å². The molecule has 0 aliphatic carbocycles. The quantitative estimate of drug-likeness (QED) is 0.462. The number of thioether (sulfide) groups is 2. The number of β-lactam (4-membered cyclic amide) rings is 1. The van der Waals surface area contributed by atoms with E-state index in [0.717, 1.165) is 35.5 Å². The van der Waals surface area contributed by atoms with Crippen molar-refractivity contribution in [2.75, 3.05) is 39.0 Å². The highest BCUT2D eigenvalue weighted by Crippen LogP contribution is 2.52. The third-order valence-electron chi connectivity index (χ3n) is 6.04. The van der Waals surface area contributed by atoms with Crippen LogP contribution in [0.3, 0.4) is 0 Å². The number of aliphatic carboxylic acids is 1. The number of carboxylic acids is 1. The fourth-order valence-electron chi connectivity index (χ4n) is 4.62. The number of hydrogen-bond acceptors (Lipinski definition) is 8. The summed E-state index contributed by atoms with van der Waals surface area (Å²) in [6.45, 7) is 6.54. The maximum atomic E-state index is 12.9. The van der Waals surface area contributed by atoms with Crippen LogP contribution >= 0.6 is 23.5 Å². The van der Waals surface area contributed by atoms with E-state index in [-0.39, 0.29) is 42.1 Å². The first kappa shape index (κ1) is 21.5. The molecule has 0 spiro atoms. The van der Waals surface area contributed by atoms with E-state index in [1.54, 1.807) is 30.6 Å². The predicted molar refractivity (Wildman–Crippen MR) is 117 cm³/mol. The molecule has 4 atom stereocenters. The Hall–Kier alpha value is -1.72. The van der Waals surface area contributed by atoms with E-state index in [9.17, 15) is 19.5 Å². The van der Waals surface area contributed by atoms with Gasteiger partial charge in [0.2, 0.25) is 11.8 Å². The maximum Gasteiger partial charge on any atom is 0.353 e.